The Morgan fingerprint density at radius 3 is 2.19 bits per heavy atom. The van der Waals surface area contributed by atoms with Crippen LogP contribution in [0.5, 0.6) is 0 Å². The summed E-state index contributed by atoms with van der Waals surface area (Å²) < 4.78 is 2.32. The van der Waals surface area contributed by atoms with E-state index in [1.54, 1.807) is 22.7 Å². The van der Waals surface area contributed by atoms with Gasteiger partial charge in [-0.15, -0.1) is 22.7 Å². The first kappa shape index (κ1) is 17.2. The monoisotopic (exact) mass is 385 g/mol. The Kier molecular flexibility index (Phi) is 4.76. The minimum atomic E-state index is 0.0114. The van der Waals surface area contributed by atoms with E-state index in [4.69, 9.17) is 5.73 Å². The van der Waals surface area contributed by atoms with Crippen molar-refractivity contribution in [1.29, 1.82) is 0 Å². The molecule has 7 heteroatoms. The van der Waals surface area contributed by atoms with Gasteiger partial charge in [0, 0.05) is 47.7 Å². The summed E-state index contributed by atoms with van der Waals surface area (Å²) in [6.07, 6.45) is 0. The van der Waals surface area contributed by atoms with Crippen LogP contribution in [0.2, 0.25) is 0 Å². The van der Waals surface area contributed by atoms with Gasteiger partial charge in [-0.3, -0.25) is 9.59 Å². The molecule has 0 atom stereocenters. The van der Waals surface area contributed by atoms with Crippen molar-refractivity contribution in [1.82, 2.24) is 9.80 Å². The molecule has 2 aromatic heterocycles. The van der Waals surface area contributed by atoms with Crippen molar-refractivity contribution < 1.29 is 9.59 Å². The number of piperazine rings is 1. The minimum Gasteiger partial charge on any atom is -0.335 e. The van der Waals surface area contributed by atoms with E-state index in [2.05, 4.69) is 0 Å². The lowest BCUT2D eigenvalue weighted by atomic mass is 10.1. The van der Waals surface area contributed by atoms with Crippen molar-refractivity contribution in [3.05, 3.63) is 57.8 Å². The van der Waals surface area contributed by atoms with E-state index >= 15 is 0 Å². The highest BCUT2D eigenvalue weighted by Crippen LogP contribution is 2.30. The Labute approximate surface area is 159 Å². The molecule has 0 spiro atoms. The maximum atomic E-state index is 12.7. The zero-order valence-corrected chi connectivity index (χ0v) is 15.8. The van der Waals surface area contributed by atoms with Crippen LogP contribution in [0.4, 0.5) is 0 Å². The lowest BCUT2D eigenvalue weighted by Gasteiger charge is -2.34. The van der Waals surface area contributed by atoms with Crippen LogP contribution in [0, 0.1) is 0 Å². The summed E-state index contributed by atoms with van der Waals surface area (Å²) in [6.45, 7) is 2.72. The highest BCUT2D eigenvalue weighted by atomic mass is 32.1. The Balaban J connectivity index is 1.39. The molecule has 5 nitrogen and oxygen atoms in total. The molecule has 3 aromatic rings. The standard InChI is InChI=1S/C19H19N3O2S2/c20-12-13-1-3-14(4-2-13)18(23)21-6-8-22(9-7-21)19(24)17-11-16-15(26-17)5-10-25-16/h1-5,10-11H,6-9,12,20H2. The van der Waals surface area contributed by atoms with Crippen LogP contribution in [-0.2, 0) is 6.54 Å². The molecular formula is C19H19N3O2S2. The lowest BCUT2D eigenvalue weighted by molar-refractivity contribution is 0.0538. The molecule has 1 saturated heterocycles. The number of hydrogen-bond acceptors (Lipinski definition) is 5. The first-order valence-electron chi connectivity index (χ1n) is 8.50. The van der Waals surface area contributed by atoms with Crippen molar-refractivity contribution in [2.75, 3.05) is 26.2 Å². The number of nitrogens with two attached hydrogens (primary N) is 1. The molecule has 1 fully saturated rings. The van der Waals surface area contributed by atoms with Crippen LogP contribution in [0.3, 0.4) is 0 Å². The van der Waals surface area contributed by atoms with Crippen LogP contribution in [0.1, 0.15) is 25.6 Å². The molecule has 0 bridgehead atoms. The number of carbonyl (C=O) groups is 2. The van der Waals surface area contributed by atoms with Gasteiger partial charge in [0.15, 0.2) is 0 Å². The number of nitrogens with zero attached hydrogens (tertiary/aromatic N) is 2. The number of benzene rings is 1. The molecular weight excluding hydrogens is 366 g/mol. The van der Waals surface area contributed by atoms with E-state index < -0.39 is 0 Å². The molecule has 0 unspecified atom stereocenters. The van der Waals surface area contributed by atoms with E-state index in [9.17, 15) is 9.59 Å². The first-order valence-corrected chi connectivity index (χ1v) is 10.2. The maximum absolute atomic E-state index is 12.7. The van der Waals surface area contributed by atoms with Crippen molar-refractivity contribution in [3.63, 3.8) is 0 Å². The molecule has 2 N–H and O–H groups in total. The number of carbonyl (C=O) groups excluding carboxylic acids is 2. The molecule has 2 amide bonds. The van der Waals surface area contributed by atoms with Crippen LogP contribution < -0.4 is 5.73 Å². The largest absolute Gasteiger partial charge is 0.335 e. The molecule has 26 heavy (non-hydrogen) atoms. The molecule has 4 rings (SSSR count). The van der Waals surface area contributed by atoms with Gasteiger partial charge in [-0.25, -0.2) is 0 Å². The van der Waals surface area contributed by atoms with E-state index in [0.29, 0.717) is 38.3 Å². The average molecular weight is 386 g/mol. The highest BCUT2D eigenvalue weighted by Gasteiger charge is 2.26. The van der Waals surface area contributed by atoms with Crippen molar-refractivity contribution in [2.45, 2.75) is 6.54 Å². The quantitative estimate of drug-likeness (QED) is 0.754. The summed E-state index contributed by atoms with van der Waals surface area (Å²) in [6, 6.07) is 11.4. The Bertz CT molecular complexity index is 909. The molecule has 0 aliphatic carbocycles. The van der Waals surface area contributed by atoms with Crippen LogP contribution >= 0.6 is 22.7 Å². The lowest BCUT2D eigenvalue weighted by Crippen LogP contribution is -2.50. The van der Waals surface area contributed by atoms with E-state index in [-0.39, 0.29) is 11.8 Å². The number of thiophene rings is 2. The zero-order valence-electron chi connectivity index (χ0n) is 14.2. The average Bonchev–Trinajstić information content (AvgIpc) is 3.29. The van der Waals surface area contributed by atoms with Gasteiger partial charge >= 0.3 is 0 Å². The normalized spacial score (nSPS) is 14.8. The second kappa shape index (κ2) is 7.19. The highest BCUT2D eigenvalue weighted by molar-refractivity contribution is 7.27. The molecule has 134 valence electrons. The third-order valence-corrected chi connectivity index (χ3v) is 6.72. The van der Waals surface area contributed by atoms with Crippen LogP contribution in [0.25, 0.3) is 9.40 Å². The molecule has 0 radical (unpaired) electrons. The zero-order chi connectivity index (χ0) is 18.1. The van der Waals surface area contributed by atoms with Gasteiger partial charge < -0.3 is 15.5 Å². The van der Waals surface area contributed by atoms with Gasteiger partial charge in [-0.2, -0.15) is 0 Å². The van der Waals surface area contributed by atoms with Crippen LogP contribution in [-0.4, -0.2) is 47.8 Å². The summed E-state index contributed by atoms with van der Waals surface area (Å²) in [4.78, 5) is 29.8. The fourth-order valence-corrected chi connectivity index (χ4v) is 5.18. The van der Waals surface area contributed by atoms with Crippen LogP contribution in [0.15, 0.2) is 41.8 Å². The van der Waals surface area contributed by atoms with Gasteiger partial charge in [0.1, 0.15) is 0 Å². The number of fused-ring (bicyclic) bond motifs is 1. The first-order chi connectivity index (χ1) is 12.7. The molecule has 1 aromatic carbocycles. The topological polar surface area (TPSA) is 66.6 Å². The third kappa shape index (κ3) is 3.25. The predicted molar refractivity (Wildman–Crippen MR) is 106 cm³/mol. The van der Waals surface area contributed by atoms with Gasteiger partial charge in [0.05, 0.1) is 4.88 Å². The number of hydrogen-bond donors (Lipinski definition) is 1. The van der Waals surface area contributed by atoms with E-state index in [1.807, 2.05) is 51.6 Å². The Morgan fingerprint density at radius 2 is 1.58 bits per heavy atom. The van der Waals surface area contributed by atoms with Crippen molar-refractivity contribution >= 4 is 43.9 Å². The summed E-state index contributed by atoms with van der Waals surface area (Å²) in [5, 5.41) is 2.04. The van der Waals surface area contributed by atoms with Crippen molar-refractivity contribution in [2.24, 2.45) is 5.73 Å². The summed E-state index contributed by atoms with van der Waals surface area (Å²) in [5.41, 5.74) is 7.27. The number of amides is 2. The molecule has 3 heterocycles. The fraction of sp³-hybridized carbons (Fsp3) is 0.263. The van der Waals surface area contributed by atoms with Gasteiger partial charge in [-0.1, -0.05) is 12.1 Å². The van der Waals surface area contributed by atoms with E-state index in [0.717, 1.165) is 19.8 Å². The minimum absolute atomic E-state index is 0.0114. The third-order valence-electron chi connectivity index (χ3n) is 4.64. The summed E-state index contributed by atoms with van der Waals surface area (Å²) in [5.74, 6) is 0.0788. The molecule has 0 saturated carbocycles. The maximum Gasteiger partial charge on any atom is 0.264 e. The Morgan fingerprint density at radius 1 is 0.923 bits per heavy atom. The SMILES string of the molecule is NCc1ccc(C(=O)N2CCN(C(=O)c3cc4sccc4s3)CC2)cc1. The van der Waals surface area contributed by atoms with Gasteiger partial charge in [0.2, 0.25) is 0 Å². The second-order valence-electron chi connectivity index (χ2n) is 6.25. The Hall–Kier alpha value is -2.22. The smallest absolute Gasteiger partial charge is 0.264 e. The number of rotatable bonds is 3. The fourth-order valence-electron chi connectivity index (χ4n) is 3.11. The van der Waals surface area contributed by atoms with Crippen molar-refractivity contribution in [3.8, 4) is 0 Å². The predicted octanol–water partition coefficient (Wildman–Crippen LogP) is 3.02. The second-order valence-corrected chi connectivity index (χ2v) is 8.28. The van der Waals surface area contributed by atoms with Gasteiger partial charge in [0.25, 0.3) is 11.8 Å². The summed E-state index contributed by atoms with van der Waals surface area (Å²) in [7, 11) is 0. The summed E-state index contributed by atoms with van der Waals surface area (Å²) >= 11 is 3.20. The molecule has 1 aliphatic heterocycles. The van der Waals surface area contributed by atoms with E-state index in [1.165, 1.54) is 0 Å². The molecule has 1 aliphatic rings. The van der Waals surface area contributed by atoms with Gasteiger partial charge in [-0.05, 0) is 35.2 Å².